The highest BCUT2D eigenvalue weighted by molar-refractivity contribution is 6.30. The van der Waals surface area contributed by atoms with Crippen molar-refractivity contribution < 1.29 is 14.3 Å². The molecule has 36 heavy (non-hydrogen) atoms. The first-order chi connectivity index (χ1) is 17.1. The quantitative estimate of drug-likeness (QED) is 0.478. The molecule has 0 aliphatic heterocycles. The van der Waals surface area contributed by atoms with Crippen molar-refractivity contribution in [2.75, 3.05) is 0 Å². The Balaban J connectivity index is 1.90. The van der Waals surface area contributed by atoms with Crippen molar-refractivity contribution in [1.29, 1.82) is 0 Å². The number of nitrogens with two attached hydrogens (primary N) is 1. The SMILES string of the molecule is CCc1nc2c(c(OC(C)C)c(C(=O)NC3(C(N)=O)CCCC3)n2C)c(=O)n1Cc1cccc(Cl)c1. The van der Waals surface area contributed by atoms with Gasteiger partial charge in [0.1, 0.15) is 16.7 Å². The summed E-state index contributed by atoms with van der Waals surface area (Å²) >= 11 is 6.16. The molecule has 3 N–H and O–H groups in total. The van der Waals surface area contributed by atoms with E-state index in [0.29, 0.717) is 35.8 Å². The molecular formula is C26H32ClN5O4. The summed E-state index contributed by atoms with van der Waals surface area (Å²) < 4.78 is 9.22. The average Bonchev–Trinajstić information content (AvgIpc) is 3.39. The number of carbonyl (C=O) groups is 2. The van der Waals surface area contributed by atoms with E-state index in [1.165, 1.54) is 0 Å². The lowest BCUT2D eigenvalue weighted by atomic mass is 9.96. The average molecular weight is 514 g/mol. The summed E-state index contributed by atoms with van der Waals surface area (Å²) in [6, 6.07) is 7.30. The van der Waals surface area contributed by atoms with Crippen molar-refractivity contribution >= 4 is 34.4 Å². The minimum absolute atomic E-state index is 0.137. The van der Waals surface area contributed by atoms with E-state index < -0.39 is 17.4 Å². The molecule has 192 valence electrons. The van der Waals surface area contributed by atoms with E-state index >= 15 is 0 Å². The summed E-state index contributed by atoms with van der Waals surface area (Å²) in [6.45, 7) is 5.83. The summed E-state index contributed by atoms with van der Waals surface area (Å²) in [5.74, 6) is -0.363. The van der Waals surface area contributed by atoms with Gasteiger partial charge in [0.25, 0.3) is 11.5 Å². The predicted molar refractivity (Wildman–Crippen MR) is 139 cm³/mol. The third-order valence-electron chi connectivity index (χ3n) is 6.72. The summed E-state index contributed by atoms with van der Waals surface area (Å²) in [6.07, 6.45) is 2.73. The third-order valence-corrected chi connectivity index (χ3v) is 6.96. The number of ether oxygens (including phenoxy) is 1. The zero-order valence-corrected chi connectivity index (χ0v) is 21.8. The molecule has 0 bridgehead atoms. The van der Waals surface area contributed by atoms with Gasteiger partial charge in [-0.15, -0.1) is 0 Å². The highest BCUT2D eigenvalue weighted by Crippen LogP contribution is 2.34. The van der Waals surface area contributed by atoms with Gasteiger partial charge in [0, 0.05) is 18.5 Å². The number of rotatable bonds is 8. The Bertz CT molecular complexity index is 1390. The van der Waals surface area contributed by atoms with Crippen LogP contribution < -0.4 is 21.3 Å². The van der Waals surface area contributed by atoms with E-state index in [9.17, 15) is 14.4 Å². The van der Waals surface area contributed by atoms with Crippen LogP contribution in [0.5, 0.6) is 5.75 Å². The smallest absolute Gasteiger partial charge is 0.272 e. The van der Waals surface area contributed by atoms with Crippen LogP contribution in [0, 0.1) is 0 Å². The van der Waals surface area contributed by atoms with Gasteiger partial charge in [-0.1, -0.05) is 43.5 Å². The molecule has 10 heteroatoms. The highest BCUT2D eigenvalue weighted by atomic mass is 35.5. The number of fused-ring (bicyclic) bond motifs is 1. The van der Waals surface area contributed by atoms with Crippen LogP contribution in [0.2, 0.25) is 5.02 Å². The van der Waals surface area contributed by atoms with Gasteiger partial charge in [0.2, 0.25) is 5.91 Å². The Hall–Kier alpha value is -3.33. The maximum absolute atomic E-state index is 13.9. The van der Waals surface area contributed by atoms with Gasteiger partial charge in [-0.3, -0.25) is 19.0 Å². The van der Waals surface area contributed by atoms with E-state index in [0.717, 1.165) is 18.4 Å². The van der Waals surface area contributed by atoms with E-state index in [1.807, 2.05) is 32.9 Å². The molecule has 1 aliphatic carbocycles. The lowest BCUT2D eigenvalue weighted by Gasteiger charge is -2.27. The number of carbonyl (C=O) groups excluding carboxylic acids is 2. The number of nitrogens with zero attached hydrogens (tertiary/aromatic N) is 3. The molecule has 0 saturated heterocycles. The maximum Gasteiger partial charge on any atom is 0.272 e. The zero-order chi connectivity index (χ0) is 26.2. The van der Waals surface area contributed by atoms with Crippen molar-refractivity contribution in [2.45, 2.75) is 71.1 Å². The van der Waals surface area contributed by atoms with Crippen molar-refractivity contribution in [1.82, 2.24) is 19.4 Å². The first-order valence-electron chi connectivity index (χ1n) is 12.2. The van der Waals surface area contributed by atoms with E-state index in [4.69, 9.17) is 27.1 Å². The Morgan fingerprint density at radius 3 is 2.56 bits per heavy atom. The van der Waals surface area contributed by atoms with Gasteiger partial charge in [0.05, 0.1) is 12.6 Å². The molecule has 2 heterocycles. The van der Waals surface area contributed by atoms with Crippen LogP contribution in [0.4, 0.5) is 0 Å². The summed E-state index contributed by atoms with van der Waals surface area (Å²) in [5.41, 5.74) is 5.60. The highest BCUT2D eigenvalue weighted by Gasteiger charge is 2.42. The van der Waals surface area contributed by atoms with Crippen molar-refractivity contribution in [3.05, 3.63) is 56.7 Å². The first-order valence-corrected chi connectivity index (χ1v) is 12.6. The predicted octanol–water partition coefficient (Wildman–Crippen LogP) is 3.31. The van der Waals surface area contributed by atoms with Crippen molar-refractivity contribution in [2.24, 2.45) is 12.8 Å². The van der Waals surface area contributed by atoms with Crippen LogP contribution in [0.1, 0.15) is 68.3 Å². The fourth-order valence-corrected chi connectivity index (χ4v) is 5.16. The topological polar surface area (TPSA) is 121 Å². The van der Waals surface area contributed by atoms with E-state index in [1.54, 1.807) is 28.3 Å². The molecule has 4 rings (SSSR count). The van der Waals surface area contributed by atoms with Crippen LogP contribution in [0.15, 0.2) is 29.1 Å². The van der Waals surface area contributed by atoms with E-state index in [-0.39, 0.29) is 35.0 Å². The number of benzene rings is 1. The minimum Gasteiger partial charge on any atom is -0.488 e. The van der Waals surface area contributed by atoms with Crippen LogP contribution in [-0.2, 0) is 24.8 Å². The second-order valence-electron chi connectivity index (χ2n) is 9.61. The molecule has 2 amide bonds. The summed E-state index contributed by atoms with van der Waals surface area (Å²) in [7, 11) is 1.67. The number of primary amides is 1. The fraction of sp³-hybridized carbons (Fsp3) is 0.462. The van der Waals surface area contributed by atoms with Crippen molar-refractivity contribution in [3.8, 4) is 5.75 Å². The lowest BCUT2D eigenvalue weighted by molar-refractivity contribution is -0.123. The number of amides is 2. The van der Waals surface area contributed by atoms with Gasteiger partial charge in [-0.2, -0.15) is 0 Å². The second-order valence-corrected chi connectivity index (χ2v) is 10.0. The largest absolute Gasteiger partial charge is 0.488 e. The second kappa shape index (κ2) is 9.97. The van der Waals surface area contributed by atoms with Crippen LogP contribution in [0.3, 0.4) is 0 Å². The lowest BCUT2D eigenvalue weighted by Crippen LogP contribution is -2.55. The van der Waals surface area contributed by atoms with Crippen LogP contribution >= 0.6 is 11.6 Å². The molecule has 0 spiro atoms. The molecule has 3 aromatic rings. The molecular weight excluding hydrogens is 482 g/mol. The van der Waals surface area contributed by atoms with Crippen LogP contribution in [-0.4, -0.2) is 37.6 Å². The maximum atomic E-state index is 13.9. The van der Waals surface area contributed by atoms with Gasteiger partial charge in [0.15, 0.2) is 17.1 Å². The Morgan fingerprint density at radius 2 is 1.97 bits per heavy atom. The monoisotopic (exact) mass is 513 g/mol. The molecule has 0 atom stereocenters. The Kier molecular flexibility index (Phi) is 7.13. The molecule has 2 aromatic heterocycles. The molecule has 1 saturated carbocycles. The number of aromatic nitrogens is 3. The minimum atomic E-state index is -1.11. The van der Waals surface area contributed by atoms with Gasteiger partial charge < -0.3 is 20.4 Å². The molecule has 1 aromatic carbocycles. The molecule has 9 nitrogen and oxygen atoms in total. The van der Waals surface area contributed by atoms with Gasteiger partial charge >= 0.3 is 0 Å². The number of hydrogen-bond donors (Lipinski definition) is 2. The normalized spacial score (nSPS) is 14.9. The number of halogens is 1. The Labute approximate surface area is 214 Å². The fourth-order valence-electron chi connectivity index (χ4n) is 4.95. The molecule has 0 radical (unpaired) electrons. The van der Waals surface area contributed by atoms with Gasteiger partial charge in [-0.25, -0.2) is 4.98 Å². The first kappa shape index (κ1) is 25.8. The number of hydrogen-bond acceptors (Lipinski definition) is 5. The number of nitrogens with one attached hydrogen (secondary N) is 1. The third kappa shape index (κ3) is 4.59. The Morgan fingerprint density at radius 1 is 1.28 bits per heavy atom. The van der Waals surface area contributed by atoms with Gasteiger partial charge in [-0.05, 0) is 44.4 Å². The summed E-state index contributed by atoms with van der Waals surface area (Å²) in [5, 5.41) is 3.66. The van der Waals surface area contributed by atoms with E-state index in [2.05, 4.69) is 5.32 Å². The number of aryl methyl sites for hydroxylation is 2. The molecule has 0 unspecified atom stereocenters. The standard InChI is InChI=1S/C26H32ClN5O4/c1-5-18-29-22-19(24(34)32(18)14-16-9-8-10-17(27)13-16)21(36-15(2)3)20(31(22)4)23(33)30-26(25(28)35)11-6-7-12-26/h8-10,13,15H,5-7,11-12,14H2,1-4H3,(H2,28,35)(H,30,33). The van der Waals surface area contributed by atoms with Crippen molar-refractivity contribution in [3.63, 3.8) is 0 Å². The summed E-state index contributed by atoms with van der Waals surface area (Å²) in [4.78, 5) is 44.6. The molecule has 1 fully saturated rings. The van der Waals surface area contributed by atoms with Crippen LogP contribution in [0.25, 0.3) is 11.0 Å². The zero-order valence-electron chi connectivity index (χ0n) is 21.1. The molecule has 1 aliphatic rings.